The molecule has 1 aliphatic rings. The lowest BCUT2D eigenvalue weighted by Gasteiger charge is -2.22. The summed E-state index contributed by atoms with van der Waals surface area (Å²) < 4.78 is 9.89. The van der Waals surface area contributed by atoms with Crippen molar-refractivity contribution in [3.8, 4) is 5.75 Å². The van der Waals surface area contributed by atoms with Gasteiger partial charge in [-0.3, -0.25) is 5.73 Å². The van der Waals surface area contributed by atoms with Crippen LogP contribution in [0.1, 0.15) is 19.3 Å². The number of anilines is 1. The van der Waals surface area contributed by atoms with Gasteiger partial charge in [-0.1, -0.05) is 23.7 Å². The standard InChI is InChI=1S/C23H29ClN4O2/c24-18-8-10-20(11-9-18)30-17-19(29)16-28-22-7-3-2-6-21(22)27(23(28)25)15-14-26-12-4-1-5-13-26/h2-3,6-11,19,25,29H,1,4-5,12-17H2/p+2/t19-/m1/s1. The molecule has 160 valence electrons. The van der Waals surface area contributed by atoms with Crippen molar-refractivity contribution in [2.45, 2.75) is 38.5 Å². The number of aromatic nitrogens is 2. The van der Waals surface area contributed by atoms with Gasteiger partial charge in [-0.15, -0.1) is 0 Å². The molecule has 0 radical (unpaired) electrons. The molecule has 0 amide bonds. The number of benzene rings is 2. The number of hydrogen-bond acceptors (Lipinski definition) is 3. The highest BCUT2D eigenvalue weighted by Gasteiger charge is 2.24. The Morgan fingerprint density at radius 2 is 1.83 bits per heavy atom. The molecule has 2 aromatic carbocycles. The van der Waals surface area contributed by atoms with Crippen molar-refractivity contribution >= 4 is 28.6 Å². The highest BCUT2D eigenvalue weighted by Crippen LogP contribution is 2.17. The number of hydrogen-bond donors (Lipinski definition) is 3. The fourth-order valence-corrected chi connectivity index (χ4v) is 4.42. The van der Waals surface area contributed by atoms with Crippen LogP contribution in [0, 0.1) is 0 Å². The van der Waals surface area contributed by atoms with Gasteiger partial charge < -0.3 is 14.7 Å². The molecular formula is C23H31ClN4O2+2. The SMILES string of the molecule is Nc1n(CC[NH+]2CCCCC2)c2ccccc2[n+]1C[C@@H](O)COc1ccc(Cl)cc1. The Morgan fingerprint density at radius 3 is 2.60 bits per heavy atom. The molecule has 0 bridgehead atoms. The van der Waals surface area contributed by atoms with Crippen LogP contribution in [0.2, 0.25) is 5.02 Å². The lowest BCUT2D eigenvalue weighted by molar-refractivity contribution is -0.905. The summed E-state index contributed by atoms with van der Waals surface area (Å²) >= 11 is 5.91. The van der Waals surface area contributed by atoms with E-state index in [0.717, 1.165) is 24.1 Å². The van der Waals surface area contributed by atoms with E-state index >= 15 is 0 Å². The highest BCUT2D eigenvalue weighted by atomic mass is 35.5. The molecule has 3 aromatic rings. The van der Waals surface area contributed by atoms with Gasteiger partial charge in [-0.25, -0.2) is 9.13 Å². The monoisotopic (exact) mass is 430 g/mol. The molecule has 2 heterocycles. The fraction of sp³-hybridized carbons (Fsp3) is 0.435. The van der Waals surface area contributed by atoms with E-state index in [4.69, 9.17) is 22.1 Å². The number of nitrogens with two attached hydrogens (primary N) is 1. The number of halogens is 1. The van der Waals surface area contributed by atoms with Crippen LogP contribution in [0.3, 0.4) is 0 Å². The number of aliphatic hydroxyl groups is 1. The number of quaternary nitrogens is 1. The van der Waals surface area contributed by atoms with Gasteiger partial charge in [0.25, 0.3) is 0 Å². The minimum absolute atomic E-state index is 0.186. The molecule has 4 rings (SSSR count). The summed E-state index contributed by atoms with van der Waals surface area (Å²) in [6.07, 6.45) is 3.31. The Morgan fingerprint density at radius 1 is 1.10 bits per heavy atom. The first kappa shape index (κ1) is 21.0. The maximum Gasteiger partial charge on any atom is 0.356 e. The maximum atomic E-state index is 10.6. The summed E-state index contributed by atoms with van der Waals surface area (Å²) in [5.74, 6) is 1.36. The van der Waals surface area contributed by atoms with Gasteiger partial charge in [0.2, 0.25) is 0 Å². The third kappa shape index (κ3) is 4.89. The molecule has 0 saturated carbocycles. The van der Waals surface area contributed by atoms with E-state index in [1.807, 2.05) is 16.7 Å². The molecule has 1 aromatic heterocycles. The number of rotatable bonds is 8. The van der Waals surface area contributed by atoms with Crippen molar-refractivity contribution in [2.24, 2.45) is 0 Å². The van der Waals surface area contributed by atoms with E-state index in [-0.39, 0.29) is 6.61 Å². The molecule has 1 atom stereocenters. The first-order valence-corrected chi connectivity index (χ1v) is 11.2. The second-order valence-corrected chi connectivity index (χ2v) is 8.53. The van der Waals surface area contributed by atoms with E-state index < -0.39 is 6.10 Å². The highest BCUT2D eigenvalue weighted by molar-refractivity contribution is 6.30. The summed E-state index contributed by atoms with van der Waals surface area (Å²) in [5, 5.41) is 11.3. The molecule has 0 aliphatic carbocycles. The zero-order valence-corrected chi connectivity index (χ0v) is 18.0. The third-order valence-electron chi connectivity index (χ3n) is 5.92. The Bertz CT molecular complexity index is 967. The summed E-state index contributed by atoms with van der Waals surface area (Å²) in [7, 11) is 0. The van der Waals surface area contributed by atoms with Crippen molar-refractivity contribution < 1.29 is 19.3 Å². The average Bonchev–Trinajstić information content (AvgIpc) is 3.03. The molecule has 30 heavy (non-hydrogen) atoms. The van der Waals surface area contributed by atoms with E-state index in [9.17, 15) is 5.11 Å². The predicted octanol–water partition coefficient (Wildman–Crippen LogP) is 1.67. The summed E-state index contributed by atoms with van der Waals surface area (Å²) in [6, 6.07) is 15.3. The molecule has 1 saturated heterocycles. The maximum absolute atomic E-state index is 10.6. The van der Waals surface area contributed by atoms with Crippen molar-refractivity contribution in [3.05, 3.63) is 53.6 Å². The average molecular weight is 431 g/mol. The van der Waals surface area contributed by atoms with Crippen LogP contribution in [-0.2, 0) is 13.1 Å². The fourth-order valence-electron chi connectivity index (χ4n) is 4.30. The number of para-hydroxylation sites is 2. The van der Waals surface area contributed by atoms with Gasteiger partial charge in [0.05, 0.1) is 13.1 Å². The van der Waals surface area contributed by atoms with Gasteiger partial charge in [-0.2, -0.15) is 0 Å². The topological polar surface area (TPSA) is 68.7 Å². The van der Waals surface area contributed by atoms with Crippen LogP contribution in [0.25, 0.3) is 11.0 Å². The molecule has 7 heteroatoms. The smallest absolute Gasteiger partial charge is 0.356 e. The lowest BCUT2D eigenvalue weighted by atomic mass is 10.1. The van der Waals surface area contributed by atoms with Crippen LogP contribution in [0.4, 0.5) is 5.95 Å². The Kier molecular flexibility index (Phi) is 6.77. The predicted molar refractivity (Wildman–Crippen MR) is 119 cm³/mol. The number of fused-ring (bicyclic) bond motifs is 1. The number of imidazole rings is 1. The number of piperidine rings is 1. The minimum Gasteiger partial charge on any atom is -0.491 e. The number of nitrogens with zero attached hydrogens (tertiary/aromatic N) is 2. The Balaban J connectivity index is 1.46. The molecule has 6 nitrogen and oxygen atoms in total. The largest absolute Gasteiger partial charge is 0.491 e. The van der Waals surface area contributed by atoms with Crippen LogP contribution in [-0.4, -0.2) is 42.0 Å². The third-order valence-corrected chi connectivity index (χ3v) is 6.17. The van der Waals surface area contributed by atoms with Crippen LogP contribution < -0.4 is 19.9 Å². The number of likely N-dealkylation sites (tertiary alicyclic amines) is 1. The first-order chi connectivity index (χ1) is 14.6. The van der Waals surface area contributed by atoms with Crippen molar-refractivity contribution in [3.63, 3.8) is 0 Å². The summed E-state index contributed by atoms with van der Waals surface area (Å²) in [4.78, 5) is 1.65. The van der Waals surface area contributed by atoms with E-state index in [1.54, 1.807) is 29.2 Å². The zero-order valence-electron chi connectivity index (χ0n) is 17.3. The van der Waals surface area contributed by atoms with Gasteiger partial charge in [0.1, 0.15) is 49.1 Å². The van der Waals surface area contributed by atoms with Gasteiger partial charge in [0, 0.05) is 5.02 Å². The van der Waals surface area contributed by atoms with Crippen LogP contribution >= 0.6 is 11.6 Å². The summed E-state index contributed by atoms with van der Waals surface area (Å²) in [6.45, 7) is 5.02. The number of nitrogen functional groups attached to an aromatic ring is 1. The van der Waals surface area contributed by atoms with Gasteiger partial charge in [0.15, 0.2) is 0 Å². The molecule has 0 spiro atoms. The van der Waals surface area contributed by atoms with E-state index in [2.05, 4.69) is 16.7 Å². The van der Waals surface area contributed by atoms with Crippen LogP contribution in [0.15, 0.2) is 48.5 Å². The van der Waals surface area contributed by atoms with E-state index in [1.165, 1.54) is 32.4 Å². The van der Waals surface area contributed by atoms with E-state index in [0.29, 0.717) is 23.3 Å². The molecule has 4 N–H and O–H groups in total. The Labute approximate surface area is 182 Å². The number of ether oxygens (including phenoxy) is 1. The van der Waals surface area contributed by atoms with Gasteiger partial charge >= 0.3 is 5.95 Å². The van der Waals surface area contributed by atoms with Crippen molar-refractivity contribution in [2.75, 3.05) is 32.0 Å². The summed E-state index contributed by atoms with van der Waals surface area (Å²) in [5.41, 5.74) is 8.70. The second kappa shape index (κ2) is 9.69. The number of aliphatic hydroxyl groups excluding tert-OH is 1. The lowest BCUT2D eigenvalue weighted by Crippen LogP contribution is -3.13. The van der Waals surface area contributed by atoms with Crippen molar-refractivity contribution in [1.29, 1.82) is 0 Å². The normalized spacial score (nSPS) is 16.1. The zero-order chi connectivity index (χ0) is 20.9. The Hall–Kier alpha value is -2.28. The van der Waals surface area contributed by atoms with Gasteiger partial charge in [-0.05, 0) is 55.7 Å². The second-order valence-electron chi connectivity index (χ2n) is 8.09. The first-order valence-electron chi connectivity index (χ1n) is 10.8. The minimum atomic E-state index is -0.681. The van der Waals surface area contributed by atoms with Crippen molar-refractivity contribution in [1.82, 2.24) is 4.57 Å². The molecule has 0 unspecified atom stereocenters. The molecule has 1 fully saturated rings. The quantitative estimate of drug-likeness (QED) is 0.476. The molecular weight excluding hydrogens is 400 g/mol. The number of nitrogens with one attached hydrogen (secondary N) is 1. The molecule has 1 aliphatic heterocycles. The van der Waals surface area contributed by atoms with Crippen LogP contribution in [0.5, 0.6) is 5.75 Å².